The maximum absolute atomic E-state index is 13.7. The molecule has 1 aromatic heterocycles. The largest absolute Gasteiger partial charge is 0.343 e. The van der Waals surface area contributed by atoms with E-state index in [0.717, 1.165) is 79.5 Å². The first-order chi connectivity index (χ1) is 14.0. The van der Waals surface area contributed by atoms with Crippen molar-refractivity contribution >= 4 is 22.7 Å². The molecule has 0 spiro atoms. The summed E-state index contributed by atoms with van der Waals surface area (Å²) in [6.45, 7) is 8.56. The molecule has 2 aliphatic heterocycles. The molecule has 5 heteroatoms. The molecule has 1 aromatic carbocycles. The van der Waals surface area contributed by atoms with Crippen LogP contribution < -0.4 is 0 Å². The summed E-state index contributed by atoms with van der Waals surface area (Å²) in [6.07, 6.45) is 5.73. The molecule has 29 heavy (non-hydrogen) atoms. The number of carbonyl (C=O) groups excluding carboxylic acids is 2. The number of hydrogen-bond acceptors (Lipinski definition) is 3. The van der Waals surface area contributed by atoms with Gasteiger partial charge in [0.1, 0.15) is 0 Å². The Morgan fingerprint density at radius 1 is 1.14 bits per heavy atom. The Labute approximate surface area is 173 Å². The van der Waals surface area contributed by atoms with E-state index >= 15 is 0 Å². The summed E-state index contributed by atoms with van der Waals surface area (Å²) in [5.74, 6) is 0.376. The number of carbonyl (C=O) groups is 2. The van der Waals surface area contributed by atoms with Crippen molar-refractivity contribution in [2.75, 3.05) is 19.6 Å². The lowest BCUT2D eigenvalue weighted by molar-refractivity contribution is -0.127. The van der Waals surface area contributed by atoms with Crippen LogP contribution in [0.15, 0.2) is 18.2 Å². The topological polar surface area (TPSA) is 53.5 Å². The van der Waals surface area contributed by atoms with Gasteiger partial charge in [-0.1, -0.05) is 12.1 Å². The van der Waals surface area contributed by atoms with Gasteiger partial charge < -0.3 is 9.80 Å². The molecule has 2 aliphatic rings. The molecule has 3 heterocycles. The number of hydrogen-bond donors (Lipinski definition) is 0. The molecule has 2 fully saturated rings. The third-order valence-electron chi connectivity index (χ3n) is 6.66. The summed E-state index contributed by atoms with van der Waals surface area (Å²) >= 11 is 0. The number of benzene rings is 1. The van der Waals surface area contributed by atoms with E-state index in [4.69, 9.17) is 4.98 Å². The number of likely N-dealkylation sites (tertiary alicyclic amines) is 2. The lowest BCUT2D eigenvalue weighted by Gasteiger charge is -2.37. The molecule has 0 radical (unpaired) electrons. The Kier molecular flexibility index (Phi) is 5.57. The highest BCUT2D eigenvalue weighted by Crippen LogP contribution is 2.28. The van der Waals surface area contributed by atoms with Crippen LogP contribution in [-0.4, -0.2) is 52.3 Å². The predicted molar refractivity (Wildman–Crippen MR) is 115 cm³/mol. The molecule has 0 aliphatic carbocycles. The van der Waals surface area contributed by atoms with Gasteiger partial charge >= 0.3 is 0 Å². The fourth-order valence-corrected chi connectivity index (χ4v) is 4.80. The van der Waals surface area contributed by atoms with Crippen LogP contribution in [0, 0.1) is 20.8 Å². The second-order valence-corrected chi connectivity index (χ2v) is 8.64. The van der Waals surface area contributed by atoms with Crippen molar-refractivity contribution in [3.8, 4) is 0 Å². The van der Waals surface area contributed by atoms with Crippen LogP contribution in [0.1, 0.15) is 65.7 Å². The van der Waals surface area contributed by atoms with E-state index in [1.165, 1.54) is 5.56 Å². The summed E-state index contributed by atoms with van der Waals surface area (Å²) in [7, 11) is 0. The minimum Gasteiger partial charge on any atom is -0.343 e. The minimum atomic E-state index is 0.112. The fraction of sp³-hybridized carbons (Fsp3) is 0.542. The first kappa shape index (κ1) is 19.9. The number of piperidine rings is 1. The summed E-state index contributed by atoms with van der Waals surface area (Å²) in [5.41, 5.74) is 4.92. The molecule has 2 aromatic rings. The number of rotatable bonds is 4. The maximum Gasteiger partial charge on any atom is 0.254 e. The van der Waals surface area contributed by atoms with Gasteiger partial charge in [0.15, 0.2) is 0 Å². The Morgan fingerprint density at radius 3 is 2.72 bits per heavy atom. The molecule has 5 nitrogen and oxygen atoms in total. The van der Waals surface area contributed by atoms with E-state index in [1.807, 2.05) is 24.0 Å². The second-order valence-electron chi connectivity index (χ2n) is 8.64. The number of amides is 2. The van der Waals surface area contributed by atoms with Gasteiger partial charge in [0.2, 0.25) is 5.91 Å². The lowest BCUT2D eigenvalue weighted by Crippen LogP contribution is -2.45. The molecular formula is C24H31N3O2. The van der Waals surface area contributed by atoms with Gasteiger partial charge in [0, 0.05) is 43.2 Å². The molecule has 2 saturated heterocycles. The monoisotopic (exact) mass is 393 g/mol. The molecule has 0 unspecified atom stereocenters. The van der Waals surface area contributed by atoms with Crippen molar-refractivity contribution in [1.82, 2.24) is 14.8 Å². The zero-order chi connectivity index (χ0) is 20.5. The Hall–Kier alpha value is -2.43. The van der Waals surface area contributed by atoms with Gasteiger partial charge in [-0.25, -0.2) is 0 Å². The third-order valence-corrected chi connectivity index (χ3v) is 6.66. The Bertz CT molecular complexity index is 953. The van der Waals surface area contributed by atoms with Gasteiger partial charge in [0.25, 0.3) is 5.91 Å². The summed E-state index contributed by atoms with van der Waals surface area (Å²) in [4.78, 5) is 34.4. The first-order valence-electron chi connectivity index (χ1n) is 10.9. The normalized spacial score (nSPS) is 20.0. The highest BCUT2D eigenvalue weighted by atomic mass is 16.2. The first-order valence-corrected chi connectivity index (χ1v) is 10.9. The molecule has 0 N–H and O–H groups in total. The summed E-state index contributed by atoms with van der Waals surface area (Å²) in [5, 5.41) is 0.947. The van der Waals surface area contributed by atoms with Gasteiger partial charge in [-0.3, -0.25) is 14.6 Å². The van der Waals surface area contributed by atoms with Crippen LogP contribution in [-0.2, 0) is 4.79 Å². The van der Waals surface area contributed by atoms with Gasteiger partial charge in [-0.2, -0.15) is 0 Å². The SMILES string of the molecule is Cc1cc(C(=O)N2CCCC[C@H]2CCN2CCCC2=O)c2ccc(C)c(C)c2n1. The Morgan fingerprint density at radius 2 is 1.97 bits per heavy atom. The van der Waals surface area contributed by atoms with E-state index in [2.05, 4.69) is 24.8 Å². The highest BCUT2D eigenvalue weighted by molar-refractivity contribution is 6.07. The van der Waals surface area contributed by atoms with Crippen molar-refractivity contribution in [3.63, 3.8) is 0 Å². The van der Waals surface area contributed by atoms with Crippen molar-refractivity contribution in [2.24, 2.45) is 0 Å². The van der Waals surface area contributed by atoms with Gasteiger partial charge in [-0.05, 0) is 70.1 Å². The molecule has 4 rings (SSSR count). The van der Waals surface area contributed by atoms with E-state index in [9.17, 15) is 9.59 Å². The third kappa shape index (κ3) is 3.87. The Balaban J connectivity index is 1.61. The van der Waals surface area contributed by atoms with Gasteiger partial charge in [0.05, 0.1) is 11.1 Å². The predicted octanol–water partition coefficient (Wildman–Crippen LogP) is 4.17. The average Bonchev–Trinajstić information content (AvgIpc) is 3.13. The number of aromatic nitrogens is 1. The van der Waals surface area contributed by atoms with Crippen molar-refractivity contribution in [1.29, 1.82) is 0 Å². The molecule has 0 saturated carbocycles. The van der Waals surface area contributed by atoms with E-state index < -0.39 is 0 Å². The minimum absolute atomic E-state index is 0.112. The quantitative estimate of drug-likeness (QED) is 0.783. The summed E-state index contributed by atoms with van der Waals surface area (Å²) < 4.78 is 0. The van der Waals surface area contributed by atoms with Crippen LogP contribution >= 0.6 is 0 Å². The smallest absolute Gasteiger partial charge is 0.254 e. The summed E-state index contributed by atoms with van der Waals surface area (Å²) in [6, 6.07) is 6.27. The fourth-order valence-electron chi connectivity index (χ4n) is 4.80. The van der Waals surface area contributed by atoms with Crippen LogP contribution in [0.3, 0.4) is 0 Å². The zero-order valence-corrected chi connectivity index (χ0v) is 17.8. The second kappa shape index (κ2) is 8.13. The van der Waals surface area contributed by atoms with Crippen molar-refractivity contribution in [3.05, 3.63) is 40.6 Å². The molecule has 154 valence electrons. The number of aryl methyl sites for hydroxylation is 3. The van der Waals surface area contributed by atoms with Crippen LogP contribution in [0.2, 0.25) is 0 Å². The maximum atomic E-state index is 13.7. The van der Waals surface area contributed by atoms with Crippen LogP contribution in [0.25, 0.3) is 10.9 Å². The molecule has 1 atom stereocenters. The zero-order valence-electron chi connectivity index (χ0n) is 17.8. The molecule has 0 bridgehead atoms. The molecular weight excluding hydrogens is 362 g/mol. The van der Waals surface area contributed by atoms with Crippen LogP contribution in [0.5, 0.6) is 0 Å². The standard InChI is InChI=1S/C24H31N3O2/c1-16-9-10-20-21(15-17(2)25-23(20)18(16)3)24(29)27-13-5-4-7-19(27)11-14-26-12-6-8-22(26)28/h9-10,15,19H,4-8,11-14H2,1-3H3/t19-/m0/s1. The number of nitrogens with zero attached hydrogens (tertiary/aromatic N) is 3. The van der Waals surface area contributed by atoms with Crippen LogP contribution in [0.4, 0.5) is 0 Å². The average molecular weight is 394 g/mol. The highest BCUT2D eigenvalue weighted by Gasteiger charge is 2.30. The van der Waals surface area contributed by atoms with E-state index in [1.54, 1.807) is 0 Å². The van der Waals surface area contributed by atoms with Crippen molar-refractivity contribution < 1.29 is 9.59 Å². The number of pyridine rings is 1. The van der Waals surface area contributed by atoms with E-state index in [0.29, 0.717) is 6.42 Å². The molecule has 2 amide bonds. The number of fused-ring (bicyclic) bond motifs is 1. The van der Waals surface area contributed by atoms with E-state index in [-0.39, 0.29) is 17.9 Å². The lowest BCUT2D eigenvalue weighted by atomic mass is 9.96. The van der Waals surface area contributed by atoms with Crippen molar-refractivity contribution in [2.45, 2.75) is 65.3 Å². The van der Waals surface area contributed by atoms with Gasteiger partial charge in [-0.15, -0.1) is 0 Å².